The quantitative estimate of drug-likeness (QED) is 0.422. The Bertz CT molecular complexity index is 964. The molecule has 3 nitrogen and oxygen atoms in total. The van der Waals surface area contributed by atoms with E-state index < -0.39 is 34.7 Å². The molecule has 0 heterocycles. The van der Waals surface area contributed by atoms with Gasteiger partial charge in [0.25, 0.3) is 0 Å². The molecule has 150 valence electrons. The summed E-state index contributed by atoms with van der Waals surface area (Å²) in [5.41, 5.74) is -3.58. The summed E-state index contributed by atoms with van der Waals surface area (Å²) in [5.74, 6) is 0. The van der Waals surface area contributed by atoms with Crippen LogP contribution >= 0.6 is 11.6 Å². The molecule has 2 aromatic rings. The molecular formula is C19H10ClF6N3. The molecule has 0 aliphatic heterocycles. The molecule has 0 aliphatic rings. The number of alkyl halides is 6. The van der Waals surface area contributed by atoms with Gasteiger partial charge >= 0.3 is 12.4 Å². The molecular weight excluding hydrogens is 420 g/mol. The lowest BCUT2D eigenvalue weighted by atomic mass is 10.1. The first-order valence-corrected chi connectivity index (χ1v) is 8.14. The highest BCUT2D eigenvalue weighted by molar-refractivity contribution is 6.30. The van der Waals surface area contributed by atoms with Gasteiger partial charge in [-0.15, -0.1) is 0 Å². The third-order valence-electron chi connectivity index (χ3n) is 3.67. The third-order valence-corrected chi connectivity index (χ3v) is 3.91. The standard InChI is InChI=1S/C19H10ClF6N3/c20-16-3-1-2-12(4-16)10-29(11-13(8-27)9-28)17-6-14(18(21,22)23)5-15(7-17)19(24,25)26/h1-7,11H,10H2. The highest BCUT2D eigenvalue weighted by Crippen LogP contribution is 2.39. The fraction of sp³-hybridized carbons (Fsp3) is 0.158. The number of nitrogens with zero attached hydrogens (tertiary/aromatic N) is 3. The summed E-state index contributed by atoms with van der Waals surface area (Å²) in [6.07, 6.45) is -9.18. The van der Waals surface area contributed by atoms with Crippen LogP contribution in [0.2, 0.25) is 5.02 Å². The van der Waals surface area contributed by atoms with Crippen LogP contribution in [0.3, 0.4) is 0 Å². The molecule has 0 radical (unpaired) electrons. The van der Waals surface area contributed by atoms with Crippen molar-refractivity contribution in [3.63, 3.8) is 0 Å². The SMILES string of the molecule is N#CC(C#N)=CN(Cc1cccc(Cl)c1)c1cc(C(F)(F)F)cc(C(F)(F)F)c1. The Labute approximate surface area is 166 Å². The Balaban J connectivity index is 2.67. The molecule has 0 saturated carbocycles. The van der Waals surface area contributed by atoms with Crippen molar-refractivity contribution in [1.29, 1.82) is 10.5 Å². The first-order chi connectivity index (χ1) is 13.4. The Morgan fingerprint density at radius 1 is 0.931 bits per heavy atom. The van der Waals surface area contributed by atoms with Crippen molar-refractivity contribution in [2.45, 2.75) is 18.9 Å². The van der Waals surface area contributed by atoms with Gasteiger partial charge in [-0.05, 0) is 35.9 Å². The molecule has 0 unspecified atom stereocenters. The second-order valence-electron chi connectivity index (χ2n) is 5.79. The molecule has 0 atom stereocenters. The van der Waals surface area contributed by atoms with Crippen LogP contribution in [0.15, 0.2) is 54.2 Å². The van der Waals surface area contributed by atoms with Gasteiger partial charge in [-0.3, -0.25) is 0 Å². The van der Waals surface area contributed by atoms with E-state index >= 15 is 0 Å². The van der Waals surface area contributed by atoms with E-state index in [9.17, 15) is 26.3 Å². The van der Waals surface area contributed by atoms with Gasteiger partial charge in [0.05, 0.1) is 11.1 Å². The summed E-state index contributed by atoms with van der Waals surface area (Å²) in [6.45, 7) is -0.230. The van der Waals surface area contributed by atoms with Gasteiger partial charge in [0, 0.05) is 23.5 Å². The molecule has 0 fully saturated rings. The van der Waals surface area contributed by atoms with Crippen molar-refractivity contribution in [3.05, 3.63) is 76.0 Å². The minimum atomic E-state index is -5.03. The second kappa shape index (κ2) is 8.46. The van der Waals surface area contributed by atoms with Crippen molar-refractivity contribution >= 4 is 17.3 Å². The lowest BCUT2D eigenvalue weighted by Gasteiger charge is -2.23. The molecule has 0 aliphatic carbocycles. The number of nitriles is 2. The van der Waals surface area contributed by atoms with Gasteiger partial charge in [0.1, 0.15) is 17.7 Å². The molecule has 29 heavy (non-hydrogen) atoms. The first kappa shape index (κ1) is 22.1. The lowest BCUT2D eigenvalue weighted by molar-refractivity contribution is -0.143. The average molecular weight is 430 g/mol. The van der Waals surface area contributed by atoms with Gasteiger partial charge in [-0.1, -0.05) is 23.7 Å². The molecule has 10 heteroatoms. The summed E-state index contributed by atoms with van der Waals surface area (Å²) in [6, 6.07) is 10.2. The Hall–Kier alpha value is -3.17. The van der Waals surface area contributed by atoms with Crippen molar-refractivity contribution < 1.29 is 26.3 Å². The summed E-state index contributed by atoms with van der Waals surface area (Å²) >= 11 is 5.87. The van der Waals surface area contributed by atoms with Crippen LogP contribution in [0.1, 0.15) is 16.7 Å². The van der Waals surface area contributed by atoms with Crippen molar-refractivity contribution in [1.82, 2.24) is 0 Å². The normalized spacial score (nSPS) is 11.3. The zero-order valence-electron chi connectivity index (χ0n) is 14.3. The number of halogens is 7. The second-order valence-corrected chi connectivity index (χ2v) is 6.22. The highest BCUT2D eigenvalue weighted by Gasteiger charge is 2.37. The molecule has 0 bridgehead atoms. The number of rotatable bonds is 4. The fourth-order valence-corrected chi connectivity index (χ4v) is 2.60. The fourth-order valence-electron chi connectivity index (χ4n) is 2.39. The number of hydrogen-bond donors (Lipinski definition) is 0. The van der Waals surface area contributed by atoms with Crippen LogP contribution in [0.4, 0.5) is 32.0 Å². The maximum absolute atomic E-state index is 13.2. The topological polar surface area (TPSA) is 50.8 Å². The number of allylic oxidation sites excluding steroid dienone is 1. The van der Waals surface area contributed by atoms with Crippen molar-refractivity contribution in [2.24, 2.45) is 0 Å². The average Bonchev–Trinajstić information content (AvgIpc) is 2.63. The smallest absolute Gasteiger partial charge is 0.341 e. The Morgan fingerprint density at radius 3 is 1.93 bits per heavy atom. The highest BCUT2D eigenvalue weighted by atomic mass is 35.5. The maximum Gasteiger partial charge on any atom is 0.416 e. The Morgan fingerprint density at radius 2 is 1.48 bits per heavy atom. The largest absolute Gasteiger partial charge is 0.416 e. The van der Waals surface area contributed by atoms with Gasteiger partial charge in [0.2, 0.25) is 0 Å². The summed E-state index contributed by atoms with van der Waals surface area (Å²) < 4.78 is 78.9. The van der Waals surface area contributed by atoms with Crippen molar-refractivity contribution in [2.75, 3.05) is 4.90 Å². The van der Waals surface area contributed by atoms with Crippen LogP contribution in [-0.2, 0) is 18.9 Å². The molecule has 0 amide bonds. The molecule has 2 rings (SSSR count). The van der Waals surface area contributed by atoms with Crippen LogP contribution in [0, 0.1) is 22.7 Å². The molecule has 0 saturated heterocycles. The zero-order chi connectivity index (χ0) is 21.8. The maximum atomic E-state index is 13.2. The van der Waals surface area contributed by atoms with E-state index in [1.165, 1.54) is 24.3 Å². The van der Waals surface area contributed by atoms with Crippen LogP contribution in [-0.4, -0.2) is 0 Å². The number of benzene rings is 2. The third kappa shape index (κ3) is 5.90. The minimum absolute atomic E-state index is 0.000275. The van der Waals surface area contributed by atoms with E-state index in [0.717, 1.165) is 11.1 Å². The van der Waals surface area contributed by atoms with E-state index in [-0.39, 0.29) is 12.6 Å². The molecule has 0 spiro atoms. The number of hydrogen-bond acceptors (Lipinski definition) is 3. The van der Waals surface area contributed by atoms with Crippen molar-refractivity contribution in [3.8, 4) is 12.1 Å². The van der Waals surface area contributed by atoms with Gasteiger partial charge in [-0.25, -0.2) is 0 Å². The first-order valence-electron chi connectivity index (χ1n) is 7.76. The zero-order valence-corrected chi connectivity index (χ0v) is 15.1. The molecule has 0 aromatic heterocycles. The monoisotopic (exact) mass is 429 g/mol. The summed E-state index contributed by atoms with van der Waals surface area (Å²) in [4.78, 5) is 0.956. The van der Waals surface area contributed by atoms with Crippen LogP contribution in [0.5, 0.6) is 0 Å². The van der Waals surface area contributed by atoms with Crippen LogP contribution < -0.4 is 4.90 Å². The van der Waals surface area contributed by atoms with Gasteiger partial charge in [-0.2, -0.15) is 36.9 Å². The number of anilines is 1. The van der Waals surface area contributed by atoms with Gasteiger partial charge in [0.15, 0.2) is 0 Å². The van der Waals surface area contributed by atoms with E-state index in [1.54, 1.807) is 12.1 Å². The van der Waals surface area contributed by atoms with E-state index in [0.29, 0.717) is 22.7 Å². The molecule has 0 N–H and O–H groups in total. The summed E-state index contributed by atoms with van der Waals surface area (Å²) in [5, 5.41) is 18.2. The Kier molecular flexibility index (Phi) is 6.45. The van der Waals surface area contributed by atoms with E-state index in [2.05, 4.69) is 0 Å². The lowest BCUT2D eigenvalue weighted by Crippen LogP contribution is -2.19. The minimum Gasteiger partial charge on any atom is -0.341 e. The van der Waals surface area contributed by atoms with E-state index in [1.807, 2.05) is 0 Å². The molecule has 2 aromatic carbocycles. The van der Waals surface area contributed by atoms with Crippen LogP contribution in [0.25, 0.3) is 0 Å². The van der Waals surface area contributed by atoms with E-state index in [4.69, 9.17) is 22.1 Å². The van der Waals surface area contributed by atoms with Gasteiger partial charge < -0.3 is 4.90 Å². The summed E-state index contributed by atoms with van der Waals surface area (Å²) in [7, 11) is 0. The predicted molar refractivity (Wildman–Crippen MR) is 93.4 cm³/mol. The predicted octanol–water partition coefficient (Wildman–Crippen LogP) is 6.32.